The van der Waals surface area contributed by atoms with E-state index in [9.17, 15) is 5.11 Å². The molecule has 1 aromatic carbocycles. The summed E-state index contributed by atoms with van der Waals surface area (Å²) >= 11 is 8.08. The number of hydrogen-bond donors (Lipinski definition) is 1. The first kappa shape index (κ1) is 19.0. The number of benzene rings is 1. The third kappa shape index (κ3) is 3.83. The Morgan fingerprint density at radius 2 is 1.85 bits per heavy atom. The molecule has 26 heavy (non-hydrogen) atoms. The van der Waals surface area contributed by atoms with Gasteiger partial charge in [-0.1, -0.05) is 49.3 Å². The van der Waals surface area contributed by atoms with Gasteiger partial charge >= 0.3 is 0 Å². The molecule has 5 heteroatoms. The van der Waals surface area contributed by atoms with Crippen molar-refractivity contribution in [2.75, 3.05) is 0 Å². The Bertz CT molecular complexity index is 891. The van der Waals surface area contributed by atoms with E-state index >= 15 is 0 Å². The molecule has 0 atom stereocenters. The summed E-state index contributed by atoms with van der Waals surface area (Å²) in [5, 5.41) is 11.9. The van der Waals surface area contributed by atoms with Crippen molar-refractivity contribution < 1.29 is 5.11 Å². The van der Waals surface area contributed by atoms with E-state index in [-0.39, 0.29) is 6.61 Å². The molecule has 136 valence electrons. The second-order valence-electron chi connectivity index (χ2n) is 6.57. The standard InChI is InChI=1S/C21H23ClN2OS/c1-14(2)20-17(13-25)15(3)24(12-16-8-10-23-11-9-16)21(20)26-19-7-5-4-6-18(19)22/h4-11,14,25H,12-13H2,1-3H3. The first-order valence-corrected chi connectivity index (χ1v) is 9.86. The van der Waals surface area contributed by atoms with Crippen molar-refractivity contribution in [1.29, 1.82) is 0 Å². The van der Waals surface area contributed by atoms with Crippen LogP contribution in [0.1, 0.15) is 42.1 Å². The minimum Gasteiger partial charge on any atom is -0.392 e. The lowest BCUT2D eigenvalue weighted by atomic mass is 10.0. The molecule has 0 aliphatic rings. The molecule has 3 aromatic rings. The molecule has 0 aliphatic heterocycles. The van der Waals surface area contributed by atoms with Crippen molar-refractivity contribution in [2.45, 2.75) is 49.8 Å². The highest BCUT2D eigenvalue weighted by Crippen LogP contribution is 2.41. The van der Waals surface area contributed by atoms with Crippen LogP contribution >= 0.6 is 23.4 Å². The maximum Gasteiger partial charge on any atom is 0.0841 e. The second-order valence-corrected chi connectivity index (χ2v) is 8.01. The maximum atomic E-state index is 10.0. The van der Waals surface area contributed by atoms with Crippen LogP contribution in [0.3, 0.4) is 0 Å². The molecule has 0 bridgehead atoms. The second kappa shape index (κ2) is 8.30. The highest BCUT2D eigenvalue weighted by atomic mass is 35.5. The summed E-state index contributed by atoms with van der Waals surface area (Å²) in [6.45, 7) is 7.19. The fourth-order valence-electron chi connectivity index (χ4n) is 3.18. The molecule has 0 saturated carbocycles. The van der Waals surface area contributed by atoms with Gasteiger partial charge in [0.25, 0.3) is 0 Å². The molecule has 0 fully saturated rings. The van der Waals surface area contributed by atoms with E-state index in [0.29, 0.717) is 5.92 Å². The third-order valence-corrected chi connectivity index (χ3v) is 6.16. The Hall–Kier alpha value is -1.75. The summed E-state index contributed by atoms with van der Waals surface area (Å²) in [4.78, 5) is 5.13. The number of pyridine rings is 1. The Balaban J connectivity index is 2.14. The molecule has 3 nitrogen and oxygen atoms in total. The first-order valence-electron chi connectivity index (χ1n) is 8.67. The van der Waals surface area contributed by atoms with E-state index < -0.39 is 0 Å². The van der Waals surface area contributed by atoms with E-state index in [0.717, 1.165) is 32.7 Å². The number of hydrogen-bond acceptors (Lipinski definition) is 3. The van der Waals surface area contributed by atoms with Crippen LogP contribution in [0.4, 0.5) is 0 Å². The Kier molecular flexibility index (Phi) is 6.07. The number of aliphatic hydroxyl groups is 1. The average molecular weight is 387 g/mol. The molecule has 3 rings (SSSR count). The molecular formula is C21H23ClN2OS. The van der Waals surface area contributed by atoms with Crippen LogP contribution in [0.15, 0.2) is 58.7 Å². The van der Waals surface area contributed by atoms with Crippen LogP contribution < -0.4 is 0 Å². The predicted octanol–water partition coefficient (Wildman–Crippen LogP) is 5.66. The molecule has 0 amide bonds. The number of rotatable bonds is 6. The Morgan fingerprint density at radius 3 is 2.46 bits per heavy atom. The van der Waals surface area contributed by atoms with Gasteiger partial charge in [-0.3, -0.25) is 4.98 Å². The molecule has 2 heterocycles. The SMILES string of the molecule is Cc1c(CO)c(C(C)C)c(Sc2ccccc2Cl)n1Cc1ccncc1. The summed E-state index contributed by atoms with van der Waals surface area (Å²) in [5.41, 5.74) is 4.49. The van der Waals surface area contributed by atoms with Crippen LogP contribution in [0, 0.1) is 6.92 Å². The summed E-state index contributed by atoms with van der Waals surface area (Å²) in [6.07, 6.45) is 3.62. The normalized spacial score (nSPS) is 11.3. The molecule has 0 unspecified atom stereocenters. The fourth-order valence-corrected chi connectivity index (χ4v) is 4.73. The van der Waals surface area contributed by atoms with Crippen molar-refractivity contribution >= 4 is 23.4 Å². The molecule has 0 radical (unpaired) electrons. The minimum absolute atomic E-state index is 0.0405. The van der Waals surface area contributed by atoms with Gasteiger partial charge in [-0.25, -0.2) is 0 Å². The quantitative estimate of drug-likeness (QED) is 0.593. The van der Waals surface area contributed by atoms with Crippen molar-refractivity contribution in [1.82, 2.24) is 9.55 Å². The summed E-state index contributed by atoms with van der Waals surface area (Å²) < 4.78 is 2.28. The van der Waals surface area contributed by atoms with Crippen LogP contribution in [0.2, 0.25) is 5.02 Å². The molecule has 1 N–H and O–H groups in total. The van der Waals surface area contributed by atoms with E-state index in [1.807, 2.05) is 48.8 Å². The van der Waals surface area contributed by atoms with Gasteiger partial charge in [0, 0.05) is 35.1 Å². The zero-order valence-corrected chi connectivity index (χ0v) is 16.8. The lowest BCUT2D eigenvalue weighted by molar-refractivity contribution is 0.279. The van der Waals surface area contributed by atoms with E-state index in [4.69, 9.17) is 11.6 Å². The maximum absolute atomic E-state index is 10.0. The molecule has 0 aliphatic carbocycles. The molecule has 2 aromatic heterocycles. The smallest absolute Gasteiger partial charge is 0.0841 e. The van der Waals surface area contributed by atoms with Gasteiger partial charge in [0.1, 0.15) is 0 Å². The Labute approximate surface area is 164 Å². The van der Waals surface area contributed by atoms with Crippen LogP contribution in [-0.4, -0.2) is 14.7 Å². The van der Waals surface area contributed by atoms with Crippen LogP contribution in [-0.2, 0) is 13.2 Å². The molecular weight excluding hydrogens is 364 g/mol. The van der Waals surface area contributed by atoms with Crippen molar-refractivity contribution in [2.24, 2.45) is 0 Å². The predicted molar refractivity (Wildman–Crippen MR) is 108 cm³/mol. The van der Waals surface area contributed by atoms with Gasteiger partial charge in [0.15, 0.2) is 0 Å². The lowest BCUT2D eigenvalue weighted by Crippen LogP contribution is -2.04. The molecule has 0 spiro atoms. The fraction of sp³-hybridized carbons (Fsp3) is 0.286. The number of aromatic nitrogens is 2. The lowest BCUT2D eigenvalue weighted by Gasteiger charge is -2.15. The number of halogens is 1. The third-order valence-electron chi connectivity index (χ3n) is 4.51. The van der Waals surface area contributed by atoms with E-state index in [1.54, 1.807) is 11.8 Å². The van der Waals surface area contributed by atoms with Gasteiger partial charge < -0.3 is 9.67 Å². The zero-order chi connectivity index (χ0) is 18.7. The zero-order valence-electron chi connectivity index (χ0n) is 15.2. The van der Waals surface area contributed by atoms with Gasteiger partial charge in [-0.15, -0.1) is 0 Å². The summed E-state index contributed by atoms with van der Waals surface area (Å²) in [7, 11) is 0. The number of aliphatic hydroxyl groups excluding tert-OH is 1. The van der Waals surface area contributed by atoms with Crippen molar-refractivity contribution in [3.63, 3.8) is 0 Å². The first-order chi connectivity index (χ1) is 12.5. The van der Waals surface area contributed by atoms with Crippen molar-refractivity contribution in [3.05, 3.63) is 76.2 Å². The number of nitrogens with zero attached hydrogens (tertiary/aromatic N) is 2. The van der Waals surface area contributed by atoms with Gasteiger partial charge in [-0.2, -0.15) is 0 Å². The highest BCUT2D eigenvalue weighted by molar-refractivity contribution is 7.99. The van der Waals surface area contributed by atoms with Crippen LogP contribution in [0.5, 0.6) is 0 Å². The average Bonchev–Trinajstić information content (AvgIpc) is 2.89. The van der Waals surface area contributed by atoms with E-state index in [2.05, 4.69) is 30.3 Å². The minimum atomic E-state index is 0.0405. The van der Waals surface area contributed by atoms with Crippen LogP contribution in [0.25, 0.3) is 0 Å². The largest absolute Gasteiger partial charge is 0.392 e. The Morgan fingerprint density at radius 1 is 1.15 bits per heavy atom. The van der Waals surface area contributed by atoms with Crippen molar-refractivity contribution in [3.8, 4) is 0 Å². The highest BCUT2D eigenvalue weighted by Gasteiger charge is 2.23. The topological polar surface area (TPSA) is 38.0 Å². The van der Waals surface area contributed by atoms with E-state index in [1.165, 1.54) is 11.1 Å². The molecule has 0 saturated heterocycles. The van der Waals surface area contributed by atoms with Gasteiger partial charge in [0.2, 0.25) is 0 Å². The van der Waals surface area contributed by atoms with Gasteiger partial charge in [-0.05, 0) is 48.2 Å². The summed E-state index contributed by atoms with van der Waals surface area (Å²) in [5.74, 6) is 0.305. The summed E-state index contributed by atoms with van der Waals surface area (Å²) in [6, 6.07) is 11.9. The monoisotopic (exact) mass is 386 g/mol. The van der Waals surface area contributed by atoms with Gasteiger partial charge in [0.05, 0.1) is 16.7 Å².